The van der Waals surface area contributed by atoms with Gasteiger partial charge in [-0.3, -0.25) is 14.9 Å². The third kappa shape index (κ3) is 3.28. The molecule has 1 heterocycles. The third-order valence-electron chi connectivity index (χ3n) is 3.64. The van der Waals surface area contributed by atoms with Gasteiger partial charge in [-0.2, -0.15) is 0 Å². The van der Waals surface area contributed by atoms with Gasteiger partial charge in [-0.05, 0) is 45.0 Å². The second kappa shape index (κ2) is 6.25. The molecule has 0 spiro atoms. The molecule has 2 aromatic rings. The number of fused-ring (bicyclic) bond motifs is 1. The summed E-state index contributed by atoms with van der Waals surface area (Å²) in [6.45, 7) is 5.07. The molecule has 26 heavy (non-hydrogen) atoms. The maximum atomic E-state index is 14.4. The molecule has 0 saturated carbocycles. The van der Waals surface area contributed by atoms with Crippen molar-refractivity contribution in [2.45, 2.75) is 26.4 Å². The van der Waals surface area contributed by atoms with Crippen molar-refractivity contribution in [3.8, 4) is 0 Å². The predicted molar refractivity (Wildman–Crippen MR) is 93.8 cm³/mol. The Morgan fingerprint density at radius 3 is 2.12 bits per heavy atom. The summed E-state index contributed by atoms with van der Waals surface area (Å²) < 4.78 is 19.4. The number of nitrogens with one attached hydrogen (secondary N) is 1. The molecule has 134 valence electrons. The monoisotopic (exact) mass is 356 g/mol. The van der Waals surface area contributed by atoms with E-state index in [1.54, 1.807) is 45.0 Å². The summed E-state index contributed by atoms with van der Waals surface area (Å²) in [4.78, 5) is 37.5. The number of amides is 3. The van der Waals surface area contributed by atoms with E-state index < -0.39 is 29.3 Å². The van der Waals surface area contributed by atoms with Crippen LogP contribution in [0.5, 0.6) is 0 Å². The Morgan fingerprint density at radius 2 is 1.62 bits per heavy atom. The first-order chi connectivity index (χ1) is 12.2. The molecule has 0 aliphatic carbocycles. The van der Waals surface area contributed by atoms with Crippen LogP contribution < -0.4 is 10.2 Å². The van der Waals surface area contributed by atoms with E-state index in [1.165, 1.54) is 12.1 Å². The van der Waals surface area contributed by atoms with Crippen LogP contribution in [0, 0.1) is 5.82 Å². The number of rotatable bonds is 2. The summed E-state index contributed by atoms with van der Waals surface area (Å²) in [5.41, 5.74) is -0.202. The van der Waals surface area contributed by atoms with Crippen LogP contribution in [0.2, 0.25) is 0 Å². The second-order valence-corrected chi connectivity index (χ2v) is 6.78. The van der Waals surface area contributed by atoms with Crippen molar-refractivity contribution < 1.29 is 23.5 Å². The number of imide groups is 1. The van der Waals surface area contributed by atoms with Gasteiger partial charge in [0.1, 0.15) is 11.4 Å². The number of carbonyl (C=O) groups excluding carboxylic acids is 3. The van der Waals surface area contributed by atoms with Crippen molar-refractivity contribution in [2.24, 2.45) is 0 Å². The first-order valence-corrected chi connectivity index (χ1v) is 7.95. The predicted octanol–water partition coefficient (Wildman–Crippen LogP) is 3.97. The highest BCUT2D eigenvalue weighted by atomic mass is 19.1. The van der Waals surface area contributed by atoms with Gasteiger partial charge in [-0.15, -0.1) is 0 Å². The van der Waals surface area contributed by atoms with Gasteiger partial charge in [-0.1, -0.05) is 12.1 Å². The van der Waals surface area contributed by atoms with Crippen molar-refractivity contribution in [1.29, 1.82) is 0 Å². The Kier molecular flexibility index (Phi) is 4.23. The van der Waals surface area contributed by atoms with Crippen LogP contribution in [0.1, 0.15) is 41.5 Å². The van der Waals surface area contributed by atoms with E-state index in [0.29, 0.717) is 0 Å². The molecule has 1 aliphatic heterocycles. The lowest BCUT2D eigenvalue weighted by atomic mass is 10.1. The van der Waals surface area contributed by atoms with E-state index in [0.717, 1.165) is 11.0 Å². The fraction of sp³-hybridized carbons (Fsp3) is 0.211. The van der Waals surface area contributed by atoms with Crippen molar-refractivity contribution in [3.05, 3.63) is 59.4 Å². The minimum atomic E-state index is -0.801. The summed E-state index contributed by atoms with van der Waals surface area (Å²) in [6, 6.07) is 10.1. The normalized spacial score (nSPS) is 13.6. The average Bonchev–Trinajstić information content (AvgIpc) is 2.80. The van der Waals surface area contributed by atoms with Gasteiger partial charge in [0, 0.05) is 6.07 Å². The molecule has 0 unspecified atom stereocenters. The third-order valence-corrected chi connectivity index (χ3v) is 3.64. The molecular formula is C19H17FN2O4. The summed E-state index contributed by atoms with van der Waals surface area (Å²) in [5.74, 6) is -1.82. The van der Waals surface area contributed by atoms with E-state index in [9.17, 15) is 18.8 Å². The van der Waals surface area contributed by atoms with E-state index in [2.05, 4.69) is 5.32 Å². The first-order valence-electron chi connectivity index (χ1n) is 7.95. The summed E-state index contributed by atoms with van der Waals surface area (Å²) in [5, 5.41) is 2.30. The van der Waals surface area contributed by atoms with Crippen LogP contribution in [0.25, 0.3) is 0 Å². The number of benzene rings is 2. The van der Waals surface area contributed by atoms with Crippen LogP contribution in [-0.2, 0) is 4.74 Å². The minimum absolute atomic E-state index is 0.0865. The van der Waals surface area contributed by atoms with Crippen LogP contribution in [0.4, 0.5) is 20.6 Å². The van der Waals surface area contributed by atoms with Gasteiger partial charge in [0.05, 0.1) is 22.5 Å². The Labute approximate surface area is 149 Å². The van der Waals surface area contributed by atoms with Gasteiger partial charge >= 0.3 is 6.09 Å². The molecule has 3 rings (SSSR count). The maximum Gasteiger partial charge on any atom is 0.412 e. The summed E-state index contributed by atoms with van der Waals surface area (Å²) in [6.07, 6.45) is -0.801. The molecule has 0 atom stereocenters. The highest BCUT2D eigenvalue weighted by molar-refractivity contribution is 6.34. The number of hydrogen-bond acceptors (Lipinski definition) is 4. The van der Waals surface area contributed by atoms with Gasteiger partial charge in [0.2, 0.25) is 0 Å². The number of ether oxygens (including phenoxy) is 1. The first kappa shape index (κ1) is 17.6. The Hall–Kier alpha value is -3.22. The van der Waals surface area contributed by atoms with Crippen LogP contribution in [0.3, 0.4) is 0 Å². The lowest BCUT2D eigenvalue weighted by molar-refractivity contribution is 0.0634. The summed E-state index contributed by atoms with van der Waals surface area (Å²) >= 11 is 0. The van der Waals surface area contributed by atoms with Crippen molar-refractivity contribution in [1.82, 2.24) is 0 Å². The molecule has 3 amide bonds. The Morgan fingerprint density at radius 1 is 1.04 bits per heavy atom. The fourth-order valence-corrected chi connectivity index (χ4v) is 2.58. The topological polar surface area (TPSA) is 75.7 Å². The number of anilines is 2. The SMILES string of the molecule is CC(C)(C)OC(=O)Nc1ccc(N2C(=O)c3ccccc3C2=O)cc1F. The zero-order chi connectivity index (χ0) is 19.1. The molecule has 1 aliphatic rings. The average molecular weight is 356 g/mol. The zero-order valence-corrected chi connectivity index (χ0v) is 14.5. The number of halogens is 1. The van der Waals surface area contributed by atoms with Gasteiger partial charge in [0.25, 0.3) is 11.8 Å². The molecule has 0 radical (unpaired) electrons. The van der Waals surface area contributed by atoms with E-state index in [-0.39, 0.29) is 22.5 Å². The largest absolute Gasteiger partial charge is 0.444 e. The number of hydrogen-bond donors (Lipinski definition) is 1. The number of nitrogens with zero attached hydrogens (tertiary/aromatic N) is 1. The standard InChI is InChI=1S/C19H17FN2O4/c1-19(2,3)26-18(25)21-15-9-8-11(10-14(15)20)22-16(23)12-6-4-5-7-13(12)17(22)24/h4-10H,1-3H3,(H,21,25). The minimum Gasteiger partial charge on any atom is -0.444 e. The molecular weight excluding hydrogens is 339 g/mol. The molecule has 7 heteroatoms. The van der Waals surface area contributed by atoms with Crippen LogP contribution in [-0.4, -0.2) is 23.5 Å². The Balaban J connectivity index is 1.84. The van der Waals surface area contributed by atoms with Crippen molar-refractivity contribution in [3.63, 3.8) is 0 Å². The number of carbonyl (C=O) groups is 3. The quantitative estimate of drug-likeness (QED) is 0.826. The molecule has 6 nitrogen and oxygen atoms in total. The van der Waals surface area contributed by atoms with Crippen molar-refractivity contribution in [2.75, 3.05) is 10.2 Å². The lowest BCUT2D eigenvalue weighted by Gasteiger charge is -2.20. The summed E-state index contributed by atoms with van der Waals surface area (Å²) in [7, 11) is 0. The van der Waals surface area contributed by atoms with Crippen molar-refractivity contribution >= 4 is 29.3 Å². The van der Waals surface area contributed by atoms with E-state index in [4.69, 9.17) is 4.74 Å². The molecule has 0 saturated heterocycles. The fourth-order valence-electron chi connectivity index (χ4n) is 2.58. The molecule has 0 fully saturated rings. The van der Waals surface area contributed by atoms with E-state index >= 15 is 0 Å². The van der Waals surface area contributed by atoms with E-state index in [1.807, 2.05) is 0 Å². The van der Waals surface area contributed by atoms with Gasteiger partial charge in [-0.25, -0.2) is 14.1 Å². The van der Waals surface area contributed by atoms with Crippen LogP contribution >= 0.6 is 0 Å². The Bertz CT molecular complexity index is 883. The van der Waals surface area contributed by atoms with Gasteiger partial charge < -0.3 is 4.74 Å². The highest BCUT2D eigenvalue weighted by Crippen LogP contribution is 2.30. The molecule has 0 aromatic heterocycles. The maximum absolute atomic E-state index is 14.4. The smallest absolute Gasteiger partial charge is 0.412 e. The second-order valence-electron chi connectivity index (χ2n) is 6.78. The van der Waals surface area contributed by atoms with Gasteiger partial charge in [0.15, 0.2) is 0 Å². The highest BCUT2D eigenvalue weighted by Gasteiger charge is 2.36. The molecule has 2 aromatic carbocycles. The van der Waals surface area contributed by atoms with Crippen LogP contribution in [0.15, 0.2) is 42.5 Å². The molecule has 1 N–H and O–H groups in total. The molecule has 0 bridgehead atoms. The zero-order valence-electron chi connectivity index (χ0n) is 14.5. The lowest BCUT2D eigenvalue weighted by Crippen LogP contribution is -2.29.